The Labute approximate surface area is 105 Å². The fourth-order valence-corrected chi connectivity index (χ4v) is 3.88. The molecule has 0 aliphatic rings. The molecule has 0 atom stereocenters. The second kappa shape index (κ2) is 5.16. The Morgan fingerprint density at radius 1 is 1.53 bits per heavy atom. The van der Waals surface area contributed by atoms with Gasteiger partial charge in [0.2, 0.25) is 10.0 Å². The largest absolute Gasteiger partial charge is 0.462 e. The first-order chi connectivity index (χ1) is 7.79. The predicted molar refractivity (Wildman–Crippen MR) is 65.7 cm³/mol. The molecule has 1 heterocycles. The van der Waals surface area contributed by atoms with Crippen molar-refractivity contribution in [2.75, 3.05) is 6.61 Å². The number of thiophene rings is 1. The highest BCUT2D eigenvalue weighted by Gasteiger charge is 2.27. The smallest absolute Gasteiger partial charge is 0.340 e. The first kappa shape index (κ1) is 14.1. The van der Waals surface area contributed by atoms with E-state index in [0.29, 0.717) is 4.88 Å². The van der Waals surface area contributed by atoms with Crippen LogP contribution in [0.5, 0.6) is 0 Å². The van der Waals surface area contributed by atoms with Crippen LogP contribution in [0.3, 0.4) is 0 Å². The Morgan fingerprint density at radius 2 is 2.12 bits per heavy atom. The van der Waals surface area contributed by atoms with E-state index in [1.54, 1.807) is 6.92 Å². The number of primary sulfonamides is 1. The van der Waals surface area contributed by atoms with Crippen molar-refractivity contribution in [3.05, 3.63) is 15.8 Å². The number of ether oxygens (including phenoxy) is 1. The minimum absolute atomic E-state index is 0.0171. The van der Waals surface area contributed by atoms with E-state index >= 15 is 0 Å². The summed E-state index contributed by atoms with van der Waals surface area (Å²) in [6, 6.07) is 0. The van der Waals surface area contributed by atoms with Gasteiger partial charge in [0.15, 0.2) is 0 Å². The Morgan fingerprint density at radius 3 is 2.53 bits per heavy atom. The molecule has 7 heteroatoms. The van der Waals surface area contributed by atoms with E-state index in [2.05, 4.69) is 0 Å². The van der Waals surface area contributed by atoms with Crippen molar-refractivity contribution in [1.29, 1.82) is 0 Å². The maximum atomic E-state index is 11.6. The highest BCUT2D eigenvalue weighted by Crippen LogP contribution is 2.32. The van der Waals surface area contributed by atoms with E-state index in [0.717, 1.165) is 0 Å². The zero-order valence-corrected chi connectivity index (χ0v) is 11.5. The standard InChI is InChI=1S/C10H15NO4S2/c1-4-15-10(12)7-5-16-8(6(2)3)9(7)17(11,13)14/h5-6H,4H2,1-3H3,(H2,11,13,14). The molecule has 0 amide bonds. The van der Waals surface area contributed by atoms with Crippen molar-refractivity contribution >= 4 is 27.3 Å². The molecule has 0 bridgehead atoms. The molecule has 1 aromatic heterocycles. The first-order valence-electron chi connectivity index (χ1n) is 5.10. The summed E-state index contributed by atoms with van der Waals surface area (Å²) in [5.74, 6) is -0.670. The quantitative estimate of drug-likeness (QED) is 0.848. The van der Waals surface area contributed by atoms with E-state index in [4.69, 9.17) is 9.88 Å². The minimum Gasteiger partial charge on any atom is -0.462 e. The number of hydrogen-bond donors (Lipinski definition) is 1. The van der Waals surface area contributed by atoms with Crippen LogP contribution < -0.4 is 5.14 Å². The van der Waals surface area contributed by atoms with Crippen molar-refractivity contribution in [1.82, 2.24) is 0 Å². The summed E-state index contributed by atoms with van der Waals surface area (Å²) in [4.78, 5) is 12.1. The van der Waals surface area contributed by atoms with Crippen molar-refractivity contribution in [3.8, 4) is 0 Å². The van der Waals surface area contributed by atoms with Crippen LogP contribution in [0, 0.1) is 0 Å². The molecule has 0 spiro atoms. The molecule has 2 N–H and O–H groups in total. The first-order valence-corrected chi connectivity index (χ1v) is 7.53. The van der Waals surface area contributed by atoms with E-state index in [1.165, 1.54) is 16.7 Å². The topological polar surface area (TPSA) is 86.5 Å². The van der Waals surface area contributed by atoms with Crippen molar-refractivity contribution < 1.29 is 17.9 Å². The summed E-state index contributed by atoms with van der Waals surface area (Å²) < 4.78 is 27.9. The normalized spacial score (nSPS) is 11.8. The molecule has 0 fully saturated rings. The molecular formula is C10H15NO4S2. The fraction of sp³-hybridized carbons (Fsp3) is 0.500. The average Bonchev–Trinajstić information content (AvgIpc) is 2.61. The van der Waals surface area contributed by atoms with Gasteiger partial charge in [0.1, 0.15) is 4.90 Å². The monoisotopic (exact) mass is 277 g/mol. The fourth-order valence-electron chi connectivity index (χ4n) is 1.40. The molecule has 5 nitrogen and oxygen atoms in total. The molecule has 1 rings (SSSR count). The Bertz CT molecular complexity index is 516. The number of nitrogens with two attached hydrogens (primary N) is 1. The molecule has 0 unspecified atom stereocenters. The van der Waals surface area contributed by atoms with Gasteiger partial charge in [-0.05, 0) is 12.8 Å². The van der Waals surface area contributed by atoms with Crippen LogP contribution in [0.15, 0.2) is 10.3 Å². The number of esters is 1. The summed E-state index contributed by atoms with van der Waals surface area (Å²) in [7, 11) is -3.92. The molecule has 0 aromatic carbocycles. The van der Waals surface area contributed by atoms with Crippen molar-refractivity contribution in [3.63, 3.8) is 0 Å². The van der Waals surface area contributed by atoms with Gasteiger partial charge in [-0.3, -0.25) is 0 Å². The second-order valence-electron chi connectivity index (χ2n) is 3.76. The lowest BCUT2D eigenvalue weighted by atomic mass is 10.1. The third-order valence-corrected chi connectivity index (χ3v) is 4.50. The molecular weight excluding hydrogens is 262 g/mol. The van der Waals surface area contributed by atoms with E-state index in [1.807, 2.05) is 13.8 Å². The second-order valence-corrected chi connectivity index (χ2v) is 6.17. The molecule has 96 valence electrons. The number of sulfonamides is 1. The van der Waals surface area contributed by atoms with Crippen molar-refractivity contribution in [2.24, 2.45) is 5.14 Å². The summed E-state index contributed by atoms with van der Waals surface area (Å²) in [5, 5.41) is 6.62. The number of rotatable bonds is 4. The molecule has 0 aliphatic heterocycles. The number of carbonyl (C=O) groups is 1. The van der Waals surface area contributed by atoms with Gasteiger partial charge in [-0.2, -0.15) is 0 Å². The number of carbonyl (C=O) groups excluding carboxylic acids is 1. The third kappa shape index (κ3) is 3.05. The van der Waals surface area contributed by atoms with Gasteiger partial charge in [-0.1, -0.05) is 13.8 Å². The highest BCUT2D eigenvalue weighted by atomic mass is 32.2. The van der Waals surface area contributed by atoms with Gasteiger partial charge in [0, 0.05) is 10.3 Å². The molecule has 0 saturated carbocycles. The highest BCUT2D eigenvalue weighted by molar-refractivity contribution is 7.89. The summed E-state index contributed by atoms with van der Waals surface area (Å²) in [6.07, 6.45) is 0. The van der Waals surface area contributed by atoms with Crippen molar-refractivity contribution in [2.45, 2.75) is 31.6 Å². The average molecular weight is 277 g/mol. The molecule has 17 heavy (non-hydrogen) atoms. The van der Waals surface area contributed by atoms with Crippen LogP contribution in [-0.4, -0.2) is 21.0 Å². The van der Waals surface area contributed by atoms with Gasteiger partial charge < -0.3 is 4.74 Å². The van der Waals surface area contributed by atoms with E-state index < -0.39 is 16.0 Å². The Balaban J connectivity index is 3.39. The van der Waals surface area contributed by atoms with Crippen LogP contribution >= 0.6 is 11.3 Å². The SMILES string of the molecule is CCOC(=O)c1csc(C(C)C)c1S(N)(=O)=O. The minimum atomic E-state index is -3.92. The van der Waals surface area contributed by atoms with Gasteiger partial charge in [-0.25, -0.2) is 18.4 Å². The zero-order valence-electron chi connectivity index (χ0n) is 9.89. The van der Waals surface area contributed by atoms with E-state index in [-0.39, 0.29) is 23.0 Å². The van der Waals surface area contributed by atoms with Crippen LogP contribution in [0.1, 0.15) is 41.9 Å². The lowest BCUT2D eigenvalue weighted by Gasteiger charge is -2.07. The van der Waals surface area contributed by atoms with Crippen LogP contribution in [-0.2, 0) is 14.8 Å². The van der Waals surface area contributed by atoms with Gasteiger partial charge >= 0.3 is 5.97 Å². The molecule has 0 saturated heterocycles. The van der Waals surface area contributed by atoms with Crippen LogP contribution in [0.25, 0.3) is 0 Å². The van der Waals surface area contributed by atoms with Crippen LogP contribution in [0.4, 0.5) is 0 Å². The van der Waals surface area contributed by atoms with Gasteiger partial charge in [0.05, 0.1) is 12.2 Å². The maximum absolute atomic E-state index is 11.6. The lowest BCUT2D eigenvalue weighted by molar-refractivity contribution is 0.0522. The summed E-state index contributed by atoms with van der Waals surface area (Å²) >= 11 is 1.21. The zero-order chi connectivity index (χ0) is 13.2. The molecule has 0 radical (unpaired) electrons. The van der Waals surface area contributed by atoms with Gasteiger partial charge in [-0.15, -0.1) is 11.3 Å². The maximum Gasteiger partial charge on any atom is 0.340 e. The predicted octanol–water partition coefficient (Wildman–Crippen LogP) is 1.70. The Hall–Kier alpha value is -0.920. The van der Waals surface area contributed by atoms with Gasteiger partial charge in [0.25, 0.3) is 0 Å². The molecule has 0 aliphatic carbocycles. The van der Waals surface area contributed by atoms with Crippen LogP contribution in [0.2, 0.25) is 0 Å². The lowest BCUT2D eigenvalue weighted by Crippen LogP contribution is -2.18. The Kier molecular flexibility index (Phi) is 4.29. The molecule has 1 aromatic rings. The van der Waals surface area contributed by atoms with E-state index in [9.17, 15) is 13.2 Å². The summed E-state index contributed by atoms with van der Waals surface area (Å²) in [6.45, 7) is 5.53. The third-order valence-electron chi connectivity index (χ3n) is 2.08. The summed E-state index contributed by atoms with van der Waals surface area (Å²) in [5.41, 5.74) is 0.0306. The number of hydrogen-bond acceptors (Lipinski definition) is 5.